The molecule has 0 saturated heterocycles. The zero-order chi connectivity index (χ0) is 20.7. The molecule has 0 unspecified atom stereocenters. The molecule has 0 radical (unpaired) electrons. The smallest absolute Gasteiger partial charge is 0.416 e. The van der Waals surface area contributed by atoms with Crippen LogP contribution in [0.4, 0.5) is 24.5 Å². The Morgan fingerprint density at radius 2 is 1.75 bits per heavy atom. The van der Waals surface area contributed by atoms with Crippen molar-refractivity contribution < 1.29 is 27.5 Å². The molecule has 0 aliphatic heterocycles. The van der Waals surface area contributed by atoms with Gasteiger partial charge in [0.05, 0.1) is 23.9 Å². The Bertz CT molecular complexity index is 945. The molecule has 0 saturated carbocycles. The Balaban J connectivity index is 2.14. The van der Waals surface area contributed by atoms with E-state index in [-0.39, 0.29) is 22.5 Å². The van der Waals surface area contributed by atoms with Crippen molar-refractivity contribution in [1.29, 1.82) is 5.26 Å². The van der Waals surface area contributed by atoms with E-state index in [9.17, 15) is 22.8 Å². The first-order chi connectivity index (χ1) is 13.3. The quantitative estimate of drug-likeness (QED) is 0.459. The van der Waals surface area contributed by atoms with Gasteiger partial charge in [-0.25, -0.2) is 4.79 Å². The topological polar surface area (TPSA) is 91.2 Å². The Morgan fingerprint density at radius 1 is 1.11 bits per heavy atom. The molecule has 0 spiro atoms. The molecule has 2 N–H and O–H groups in total. The van der Waals surface area contributed by atoms with Crippen molar-refractivity contribution in [3.63, 3.8) is 0 Å². The Kier molecular flexibility index (Phi) is 6.39. The first-order valence-electron chi connectivity index (χ1n) is 7.79. The van der Waals surface area contributed by atoms with Crippen LogP contribution in [0.15, 0.2) is 60.3 Å². The second kappa shape index (κ2) is 8.73. The number of carbonyl (C=O) groups excluding carboxylic acids is 2. The summed E-state index contributed by atoms with van der Waals surface area (Å²) in [6.07, 6.45) is -3.40. The molecule has 0 atom stereocenters. The lowest BCUT2D eigenvalue weighted by molar-refractivity contribution is -0.137. The summed E-state index contributed by atoms with van der Waals surface area (Å²) in [6.45, 7) is 0. The first kappa shape index (κ1) is 20.5. The van der Waals surface area contributed by atoms with Crippen LogP contribution in [0.3, 0.4) is 0 Å². The van der Waals surface area contributed by atoms with E-state index in [0.29, 0.717) is 0 Å². The van der Waals surface area contributed by atoms with E-state index in [1.54, 1.807) is 18.2 Å². The van der Waals surface area contributed by atoms with E-state index >= 15 is 0 Å². The number of esters is 1. The molecule has 28 heavy (non-hydrogen) atoms. The fourth-order valence-corrected chi connectivity index (χ4v) is 2.13. The van der Waals surface area contributed by atoms with Crippen molar-refractivity contribution in [2.45, 2.75) is 6.18 Å². The largest absolute Gasteiger partial charge is 0.465 e. The number of carbonyl (C=O) groups is 2. The SMILES string of the molecule is COC(=O)c1ccccc1NC(=O)/C(C#N)=C\Nc1ccc(C(F)(F)F)cc1. The minimum Gasteiger partial charge on any atom is -0.465 e. The zero-order valence-electron chi connectivity index (χ0n) is 14.5. The predicted molar refractivity (Wildman–Crippen MR) is 95.2 cm³/mol. The maximum absolute atomic E-state index is 12.6. The minimum atomic E-state index is -4.46. The standard InChI is InChI=1S/C19H14F3N3O3/c1-28-18(27)15-4-2-3-5-16(15)25-17(26)12(10-23)11-24-14-8-6-13(7-9-14)19(20,21)22/h2-9,11,24H,1H3,(H,25,26)/b12-11-. The molecule has 2 aromatic rings. The van der Waals surface area contributed by atoms with Crippen molar-refractivity contribution in [2.24, 2.45) is 0 Å². The lowest BCUT2D eigenvalue weighted by atomic mass is 10.1. The van der Waals surface area contributed by atoms with Gasteiger partial charge in [-0.2, -0.15) is 18.4 Å². The maximum atomic E-state index is 12.6. The summed E-state index contributed by atoms with van der Waals surface area (Å²) in [4.78, 5) is 24.0. The van der Waals surface area contributed by atoms with Crippen molar-refractivity contribution in [1.82, 2.24) is 0 Å². The molecule has 0 aromatic heterocycles. The molecule has 1 amide bonds. The van der Waals surface area contributed by atoms with Gasteiger partial charge in [-0.1, -0.05) is 12.1 Å². The van der Waals surface area contributed by atoms with Gasteiger partial charge in [0.25, 0.3) is 5.91 Å². The number of benzene rings is 2. The van der Waals surface area contributed by atoms with Crippen LogP contribution in [-0.4, -0.2) is 19.0 Å². The number of ether oxygens (including phenoxy) is 1. The Morgan fingerprint density at radius 3 is 2.32 bits per heavy atom. The van der Waals surface area contributed by atoms with Crippen LogP contribution < -0.4 is 10.6 Å². The molecule has 0 fully saturated rings. The zero-order valence-corrected chi connectivity index (χ0v) is 14.5. The molecule has 0 bridgehead atoms. The molecule has 6 nitrogen and oxygen atoms in total. The molecule has 2 aromatic carbocycles. The fourth-order valence-electron chi connectivity index (χ4n) is 2.13. The molecular weight excluding hydrogens is 375 g/mol. The third-order valence-electron chi connectivity index (χ3n) is 3.54. The summed E-state index contributed by atoms with van der Waals surface area (Å²) in [7, 11) is 1.19. The van der Waals surface area contributed by atoms with Gasteiger partial charge in [0.1, 0.15) is 11.6 Å². The number of alkyl halides is 3. The van der Waals surface area contributed by atoms with E-state index < -0.39 is 23.6 Å². The van der Waals surface area contributed by atoms with Crippen LogP contribution in [0.2, 0.25) is 0 Å². The normalized spacial score (nSPS) is 11.3. The number of nitriles is 1. The number of halogens is 3. The number of hydrogen-bond acceptors (Lipinski definition) is 5. The number of nitrogens with one attached hydrogen (secondary N) is 2. The van der Waals surface area contributed by atoms with E-state index in [1.165, 1.54) is 31.4 Å². The summed E-state index contributed by atoms with van der Waals surface area (Å²) >= 11 is 0. The van der Waals surface area contributed by atoms with E-state index in [0.717, 1.165) is 18.3 Å². The van der Waals surface area contributed by atoms with Crippen LogP contribution in [0.25, 0.3) is 0 Å². The van der Waals surface area contributed by atoms with Gasteiger partial charge in [-0.05, 0) is 36.4 Å². The summed E-state index contributed by atoms with van der Waals surface area (Å²) in [5, 5.41) is 14.2. The highest BCUT2D eigenvalue weighted by molar-refractivity contribution is 6.09. The van der Waals surface area contributed by atoms with Crippen molar-refractivity contribution >= 4 is 23.3 Å². The van der Waals surface area contributed by atoms with E-state index in [2.05, 4.69) is 15.4 Å². The van der Waals surface area contributed by atoms with Gasteiger partial charge in [0.2, 0.25) is 0 Å². The predicted octanol–water partition coefficient (Wildman–Crippen LogP) is 3.95. The molecule has 2 rings (SSSR count). The van der Waals surface area contributed by atoms with Crippen molar-refractivity contribution in [3.05, 3.63) is 71.4 Å². The number of amides is 1. The van der Waals surface area contributed by atoms with Crippen LogP contribution in [0, 0.1) is 11.3 Å². The van der Waals surface area contributed by atoms with E-state index in [1.807, 2.05) is 0 Å². The van der Waals surface area contributed by atoms with Gasteiger partial charge in [0.15, 0.2) is 0 Å². The number of hydrogen-bond donors (Lipinski definition) is 2. The lowest BCUT2D eigenvalue weighted by Crippen LogP contribution is -2.17. The summed E-state index contributed by atoms with van der Waals surface area (Å²) in [6, 6.07) is 11.8. The average molecular weight is 389 g/mol. The highest BCUT2D eigenvalue weighted by atomic mass is 19.4. The molecular formula is C19H14F3N3O3. The molecule has 0 heterocycles. The van der Waals surface area contributed by atoms with Gasteiger partial charge in [-0.15, -0.1) is 0 Å². The second-order valence-electron chi connectivity index (χ2n) is 5.38. The molecule has 0 aliphatic rings. The van der Waals surface area contributed by atoms with Gasteiger partial charge in [-0.3, -0.25) is 4.79 Å². The van der Waals surface area contributed by atoms with Gasteiger partial charge >= 0.3 is 12.1 Å². The molecule has 0 aliphatic carbocycles. The Labute approximate surface area is 158 Å². The lowest BCUT2D eigenvalue weighted by Gasteiger charge is -2.10. The minimum absolute atomic E-state index is 0.103. The third-order valence-corrected chi connectivity index (χ3v) is 3.54. The van der Waals surface area contributed by atoms with Crippen molar-refractivity contribution in [3.8, 4) is 6.07 Å². The summed E-state index contributed by atoms with van der Waals surface area (Å²) < 4.78 is 42.3. The number of methoxy groups -OCH3 is 1. The fraction of sp³-hybridized carbons (Fsp3) is 0.105. The van der Waals surface area contributed by atoms with Crippen LogP contribution in [0.1, 0.15) is 15.9 Å². The number of anilines is 2. The van der Waals surface area contributed by atoms with Crippen LogP contribution in [-0.2, 0) is 15.7 Å². The highest BCUT2D eigenvalue weighted by Gasteiger charge is 2.29. The van der Waals surface area contributed by atoms with E-state index in [4.69, 9.17) is 5.26 Å². The van der Waals surface area contributed by atoms with Crippen LogP contribution in [0.5, 0.6) is 0 Å². The van der Waals surface area contributed by atoms with Gasteiger partial charge in [0, 0.05) is 11.9 Å². The summed E-state index contributed by atoms with van der Waals surface area (Å²) in [5.41, 5.74) is -0.663. The first-order valence-corrected chi connectivity index (χ1v) is 7.79. The van der Waals surface area contributed by atoms with Crippen molar-refractivity contribution in [2.75, 3.05) is 17.7 Å². The number of rotatable bonds is 5. The van der Waals surface area contributed by atoms with Gasteiger partial charge < -0.3 is 15.4 Å². The third kappa shape index (κ3) is 5.11. The number of para-hydroxylation sites is 1. The molecule has 9 heteroatoms. The second-order valence-corrected chi connectivity index (χ2v) is 5.38. The monoisotopic (exact) mass is 389 g/mol. The van der Waals surface area contributed by atoms with Crippen LogP contribution >= 0.6 is 0 Å². The Hall–Kier alpha value is -3.80. The number of nitrogens with zero attached hydrogens (tertiary/aromatic N) is 1. The molecule has 144 valence electrons. The average Bonchev–Trinajstić information content (AvgIpc) is 2.68. The maximum Gasteiger partial charge on any atom is 0.416 e. The summed E-state index contributed by atoms with van der Waals surface area (Å²) in [5.74, 6) is -1.47. The highest BCUT2D eigenvalue weighted by Crippen LogP contribution is 2.29.